The zero-order valence-corrected chi connectivity index (χ0v) is 15.1. The number of nitrogens with zero attached hydrogens (tertiary/aromatic N) is 1. The van der Waals surface area contributed by atoms with Crippen LogP contribution in [0.1, 0.15) is 31.2 Å². The van der Waals surface area contributed by atoms with Gasteiger partial charge in [-0.25, -0.2) is 4.39 Å². The van der Waals surface area contributed by atoms with E-state index in [-0.39, 0.29) is 36.7 Å². The van der Waals surface area contributed by atoms with Crippen molar-refractivity contribution in [3.05, 3.63) is 29.6 Å². The Kier molecular flexibility index (Phi) is 6.97. The van der Waals surface area contributed by atoms with Gasteiger partial charge in [-0.1, -0.05) is 6.07 Å². The van der Waals surface area contributed by atoms with Crippen molar-refractivity contribution >= 4 is 12.4 Å². The molecule has 0 aromatic heterocycles. The largest absolute Gasteiger partial charge is 0.494 e. The van der Waals surface area contributed by atoms with Gasteiger partial charge in [0.15, 0.2) is 11.6 Å². The summed E-state index contributed by atoms with van der Waals surface area (Å²) in [7, 11) is 3.26. The van der Waals surface area contributed by atoms with Crippen molar-refractivity contribution in [2.75, 3.05) is 14.2 Å². The molecule has 2 saturated carbocycles. The van der Waals surface area contributed by atoms with Crippen LogP contribution >= 0.6 is 0 Å². The van der Waals surface area contributed by atoms with E-state index in [0.29, 0.717) is 17.4 Å². The fourth-order valence-corrected chi connectivity index (χ4v) is 4.19. The van der Waals surface area contributed by atoms with Gasteiger partial charge >= 0.3 is 0 Å². The maximum absolute atomic E-state index is 13.7. The molecule has 2 unspecified atom stereocenters. The van der Waals surface area contributed by atoms with E-state index in [9.17, 15) is 14.3 Å². The van der Waals surface area contributed by atoms with E-state index in [0.717, 1.165) is 25.7 Å². The van der Waals surface area contributed by atoms with Gasteiger partial charge < -0.3 is 19.8 Å². The van der Waals surface area contributed by atoms with Crippen molar-refractivity contribution in [2.24, 2.45) is 11.8 Å². The number of carbonyl (C=O) groups excluding carboxylic acids is 1. The minimum atomic E-state index is -0.440. The first-order chi connectivity index (χ1) is 12.4. The monoisotopic (exact) mass is 367 g/mol. The van der Waals surface area contributed by atoms with Gasteiger partial charge in [-0.3, -0.25) is 9.59 Å². The average molecular weight is 367 g/mol. The number of halogens is 1. The Bertz CT molecular complexity index is 624. The summed E-state index contributed by atoms with van der Waals surface area (Å²) in [5.41, 5.74) is 0.661. The van der Waals surface area contributed by atoms with Crippen LogP contribution in [-0.2, 0) is 16.0 Å². The van der Waals surface area contributed by atoms with Crippen LogP contribution in [0.25, 0.3) is 0 Å². The maximum Gasteiger partial charge on any atom is 0.290 e. The summed E-state index contributed by atoms with van der Waals surface area (Å²) in [6.07, 6.45) is 3.72. The number of rotatable bonds is 4. The fraction of sp³-hybridized carbons (Fsp3) is 0.579. The maximum atomic E-state index is 13.7. The third kappa shape index (κ3) is 4.72. The molecule has 2 aliphatic rings. The van der Waals surface area contributed by atoms with Crippen LogP contribution in [0.5, 0.6) is 5.75 Å². The Morgan fingerprint density at radius 3 is 2.38 bits per heavy atom. The Hall–Kier alpha value is -2.15. The highest BCUT2D eigenvalue weighted by atomic mass is 19.1. The first-order valence-corrected chi connectivity index (χ1v) is 8.73. The van der Waals surface area contributed by atoms with Crippen molar-refractivity contribution in [3.63, 3.8) is 0 Å². The Morgan fingerprint density at radius 2 is 1.88 bits per heavy atom. The summed E-state index contributed by atoms with van der Waals surface area (Å²) >= 11 is 0. The number of benzene rings is 1. The lowest BCUT2D eigenvalue weighted by molar-refractivity contribution is -0.131. The van der Waals surface area contributed by atoms with Crippen LogP contribution in [0, 0.1) is 17.7 Å². The van der Waals surface area contributed by atoms with E-state index in [1.54, 1.807) is 12.1 Å². The van der Waals surface area contributed by atoms with Gasteiger partial charge in [0.25, 0.3) is 6.47 Å². The summed E-state index contributed by atoms with van der Waals surface area (Å²) in [5, 5.41) is 16.6. The number of likely N-dealkylation sites (N-methyl/N-ethyl adjacent to an activating group) is 1. The molecular weight excluding hydrogens is 341 g/mol. The minimum absolute atomic E-state index is 0.0140. The molecule has 6 nitrogen and oxygen atoms in total. The number of methoxy groups -OCH3 is 1. The molecule has 0 bridgehead atoms. The molecule has 2 N–H and O–H groups in total. The number of aliphatic hydroxyl groups is 1. The standard InChI is InChI=1S/C18H24FNO3.CH2O2/c1-20(14-7-12-9-15(21)10-13(12)8-14)18(22)6-11-3-4-17(23-2)16(19)5-11;2-1-3/h3-5,12-15,21H,6-10H2,1-2H3;1H,(H,2,3)/t12-,13+,14?,15?;. The molecule has 0 saturated heterocycles. The molecule has 0 heterocycles. The molecule has 2 fully saturated rings. The van der Waals surface area contributed by atoms with Gasteiger partial charge in [0.2, 0.25) is 5.91 Å². The van der Waals surface area contributed by atoms with E-state index in [1.165, 1.54) is 13.2 Å². The zero-order chi connectivity index (χ0) is 19.3. The molecule has 0 spiro atoms. The van der Waals surface area contributed by atoms with E-state index < -0.39 is 5.82 Å². The molecule has 1 amide bonds. The molecule has 144 valence electrons. The number of ether oxygens (including phenoxy) is 1. The van der Waals surface area contributed by atoms with Gasteiger partial charge in [-0.05, 0) is 55.2 Å². The SMILES string of the molecule is COc1ccc(CC(=O)N(C)C2C[C@H]3CC(O)C[C@H]3C2)cc1F.O=CO. The lowest BCUT2D eigenvalue weighted by atomic mass is 10.0. The van der Waals surface area contributed by atoms with Gasteiger partial charge in [0.1, 0.15) is 0 Å². The number of aliphatic hydroxyl groups excluding tert-OH is 1. The number of hydrogen-bond acceptors (Lipinski definition) is 4. The summed E-state index contributed by atoms with van der Waals surface area (Å²) in [5.74, 6) is 0.856. The second-order valence-corrected chi connectivity index (χ2v) is 7.03. The highest BCUT2D eigenvalue weighted by Crippen LogP contribution is 2.45. The Morgan fingerprint density at radius 1 is 1.31 bits per heavy atom. The minimum Gasteiger partial charge on any atom is -0.494 e. The summed E-state index contributed by atoms with van der Waals surface area (Å²) in [4.78, 5) is 22.6. The van der Waals surface area contributed by atoms with Gasteiger partial charge in [-0.15, -0.1) is 0 Å². The lowest BCUT2D eigenvalue weighted by Crippen LogP contribution is -2.37. The first-order valence-electron chi connectivity index (χ1n) is 8.73. The van der Waals surface area contributed by atoms with Crippen LogP contribution < -0.4 is 4.74 Å². The van der Waals surface area contributed by atoms with Crippen LogP contribution in [0.15, 0.2) is 18.2 Å². The molecule has 0 radical (unpaired) electrons. The Labute approximate surface area is 152 Å². The van der Waals surface area contributed by atoms with Crippen molar-refractivity contribution in [1.29, 1.82) is 0 Å². The van der Waals surface area contributed by atoms with Gasteiger partial charge in [0.05, 0.1) is 19.6 Å². The van der Waals surface area contributed by atoms with E-state index in [4.69, 9.17) is 14.6 Å². The molecule has 0 aliphatic heterocycles. The van der Waals surface area contributed by atoms with Crippen LogP contribution in [-0.4, -0.2) is 53.8 Å². The van der Waals surface area contributed by atoms with E-state index in [2.05, 4.69) is 0 Å². The van der Waals surface area contributed by atoms with Crippen LogP contribution in [0.3, 0.4) is 0 Å². The van der Waals surface area contributed by atoms with Crippen LogP contribution in [0.4, 0.5) is 4.39 Å². The molecule has 2 aliphatic carbocycles. The summed E-state index contributed by atoms with van der Waals surface area (Å²) in [6.45, 7) is -0.250. The Balaban J connectivity index is 0.000000758. The number of hydrogen-bond donors (Lipinski definition) is 2. The van der Waals surface area contributed by atoms with Gasteiger partial charge in [0, 0.05) is 13.1 Å². The second-order valence-electron chi connectivity index (χ2n) is 7.03. The fourth-order valence-electron chi connectivity index (χ4n) is 4.19. The zero-order valence-electron chi connectivity index (χ0n) is 15.1. The topological polar surface area (TPSA) is 87.1 Å². The van der Waals surface area contributed by atoms with E-state index in [1.807, 2.05) is 11.9 Å². The van der Waals surface area contributed by atoms with Crippen molar-refractivity contribution in [1.82, 2.24) is 4.90 Å². The average Bonchev–Trinajstić information content (AvgIpc) is 3.12. The smallest absolute Gasteiger partial charge is 0.290 e. The second kappa shape index (κ2) is 8.98. The summed E-state index contributed by atoms with van der Waals surface area (Å²) < 4.78 is 18.6. The van der Waals surface area contributed by atoms with Crippen molar-refractivity contribution < 1.29 is 28.9 Å². The quantitative estimate of drug-likeness (QED) is 0.796. The first kappa shape index (κ1) is 20.2. The molecule has 26 heavy (non-hydrogen) atoms. The number of fused-ring (bicyclic) bond motifs is 1. The molecular formula is C19H26FNO5. The molecule has 7 heteroatoms. The number of amides is 1. The normalized spacial score (nSPS) is 26.5. The predicted octanol–water partition coefficient (Wildman–Crippen LogP) is 2.09. The lowest BCUT2D eigenvalue weighted by Gasteiger charge is -2.26. The summed E-state index contributed by atoms with van der Waals surface area (Å²) in [6, 6.07) is 4.89. The molecule has 1 aromatic carbocycles. The van der Waals surface area contributed by atoms with Gasteiger partial charge in [-0.2, -0.15) is 0 Å². The number of carbonyl (C=O) groups is 2. The molecule has 1 aromatic rings. The third-order valence-electron chi connectivity index (χ3n) is 5.48. The number of carboxylic acid groups (broad SMARTS) is 1. The molecule has 4 atom stereocenters. The van der Waals surface area contributed by atoms with Crippen molar-refractivity contribution in [3.8, 4) is 5.75 Å². The van der Waals surface area contributed by atoms with Crippen molar-refractivity contribution in [2.45, 2.75) is 44.2 Å². The highest BCUT2D eigenvalue weighted by Gasteiger charge is 2.42. The molecule has 3 rings (SSSR count). The predicted molar refractivity (Wildman–Crippen MR) is 93.4 cm³/mol. The highest BCUT2D eigenvalue weighted by molar-refractivity contribution is 5.79. The third-order valence-corrected chi connectivity index (χ3v) is 5.48. The van der Waals surface area contributed by atoms with E-state index >= 15 is 0 Å². The van der Waals surface area contributed by atoms with Crippen LogP contribution in [0.2, 0.25) is 0 Å².